The van der Waals surface area contributed by atoms with Crippen LogP contribution in [0.2, 0.25) is 0 Å². The second-order valence-corrected chi connectivity index (χ2v) is 4.53. The van der Waals surface area contributed by atoms with Crippen molar-refractivity contribution in [3.63, 3.8) is 0 Å². The normalized spacial score (nSPS) is 20.2. The number of anilines is 1. The molecule has 4 nitrogen and oxygen atoms in total. The van der Waals surface area contributed by atoms with Gasteiger partial charge in [-0.3, -0.25) is 0 Å². The molecule has 0 saturated carbocycles. The third-order valence-electron chi connectivity index (χ3n) is 2.22. The van der Waals surface area contributed by atoms with Crippen molar-refractivity contribution in [3.05, 3.63) is 12.4 Å². The maximum atomic E-state index is 5.31. The first-order chi connectivity index (χ1) is 7.38. The molecule has 0 bridgehead atoms. The number of rotatable bonds is 4. The largest absolute Gasteiger partial charge is 0.478 e. The molecule has 1 fully saturated rings. The molecule has 1 aliphatic rings. The molecule has 1 saturated heterocycles. The molecule has 1 unspecified atom stereocenters. The lowest BCUT2D eigenvalue weighted by atomic mass is 10.2. The Hall–Kier alpha value is -0.970. The minimum Gasteiger partial charge on any atom is -0.478 e. The predicted molar refractivity (Wildman–Crippen MR) is 62.6 cm³/mol. The molecule has 0 aliphatic carbocycles. The van der Waals surface area contributed by atoms with Gasteiger partial charge in [-0.05, 0) is 19.1 Å². The Morgan fingerprint density at radius 2 is 2.53 bits per heavy atom. The lowest BCUT2D eigenvalue weighted by Gasteiger charge is -2.12. The number of hydrogen-bond acceptors (Lipinski definition) is 5. The van der Waals surface area contributed by atoms with E-state index in [-0.39, 0.29) is 0 Å². The van der Waals surface area contributed by atoms with Crippen LogP contribution in [0.4, 0.5) is 5.82 Å². The molecule has 5 heteroatoms. The van der Waals surface area contributed by atoms with Crippen LogP contribution in [0, 0.1) is 0 Å². The molecular weight excluding hydrogens is 210 g/mol. The molecule has 1 aromatic heterocycles. The van der Waals surface area contributed by atoms with E-state index in [9.17, 15) is 0 Å². The van der Waals surface area contributed by atoms with Crippen molar-refractivity contribution in [3.8, 4) is 5.88 Å². The third kappa shape index (κ3) is 2.99. The van der Waals surface area contributed by atoms with Gasteiger partial charge in [-0.25, -0.2) is 9.97 Å². The molecular formula is C10H15N3OS. The van der Waals surface area contributed by atoms with E-state index in [0.29, 0.717) is 18.5 Å². The quantitative estimate of drug-likeness (QED) is 0.846. The van der Waals surface area contributed by atoms with Gasteiger partial charge in [0.05, 0.1) is 6.61 Å². The van der Waals surface area contributed by atoms with E-state index in [0.717, 1.165) is 11.6 Å². The summed E-state index contributed by atoms with van der Waals surface area (Å²) in [5.41, 5.74) is 0. The molecule has 2 heterocycles. The first-order valence-corrected chi connectivity index (χ1v) is 6.33. The number of thioether (sulfide) groups is 1. The average Bonchev–Trinajstić information content (AvgIpc) is 2.71. The van der Waals surface area contributed by atoms with Crippen LogP contribution in [0.25, 0.3) is 0 Å². The van der Waals surface area contributed by atoms with Gasteiger partial charge in [-0.1, -0.05) is 0 Å². The van der Waals surface area contributed by atoms with Crippen LogP contribution in [0.15, 0.2) is 12.4 Å². The fourth-order valence-electron chi connectivity index (χ4n) is 1.50. The van der Waals surface area contributed by atoms with Crippen molar-refractivity contribution in [2.75, 3.05) is 23.4 Å². The van der Waals surface area contributed by atoms with Crippen molar-refractivity contribution < 1.29 is 4.74 Å². The Kier molecular flexibility index (Phi) is 3.66. The van der Waals surface area contributed by atoms with Gasteiger partial charge < -0.3 is 10.1 Å². The maximum absolute atomic E-state index is 5.31. The highest BCUT2D eigenvalue weighted by Crippen LogP contribution is 2.21. The van der Waals surface area contributed by atoms with Gasteiger partial charge in [0.15, 0.2) is 0 Å². The SMILES string of the molecule is CCOc1cc(NC2CCSC2)ncn1. The molecule has 1 N–H and O–H groups in total. The van der Waals surface area contributed by atoms with Gasteiger partial charge in [0.2, 0.25) is 5.88 Å². The minimum atomic E-state index is 0.541. The van der Waals surface area contributed by atoms with E-state index in [4.69, 9.17) is 4.74 Å². The maximum Gasteiger partial charge on any atom is 0.218 e. The molecule has 82 valence electrons. The van der Waals surface area contributed by atoms with Gasteiger partial charge in [0, 0.05) is 17.9 Å². The summed E-state index contributed by atoms with van der Waals surface area (Å²) in [6.07, 6.45) is 2.74. The fraction of sp³-hybridized carbons (Fsp3) is 0.600. The first kappa shape index (κ1) is 10.5. The van der Waals surface area contributed by atoms with E-state index in [1.54, 1.807) is 0 Å². The summed E-state index contributed by atoms with van der Waals surface area (Å²) >= 11 is 1.98. The Balaban J connectivity index is 1.97. The van der Waals surface area contributed by atoms with Crippen LogP contribution in [-0.2, 0) is 0 Å². The van der Waals surface area contributed by atoms with Crippen LogP contribution < -0.4 is 10.1 Å². The van der Waals surface area contributed by atoms with Gasteiger partial charge in [-0.15, -0.1) is 0 Å². The highest BCUT2D eigenvalue weighted by molar-refractivity contribution is 7.99. The third-order valence-corrected chi connectivity index (χ3v) is 3.38. The fourth-order valence-corrected chi connectivity index (χ4v) is 2.66. The average molecular weight is 225 g/mol. The number of hydrogen-bond donors (Lipinski definition) is 1. The highest BCUT2D eigenvalue weighted by Gasteiger charge is 2.15. The Morgan fingerprint density at radius 3 is 3.27 bits per heavy atom. The zero-order valence-corrected chi connectivity index (χ0v) is 9.59. The summed E-state index contributed by atoms with van der Waals surface area (Å²) in [6, 6.07) is 2.39. The predicted octanol–water partition coefficient (Wildman–Crippen LogP) is 1.79. The van der Waals surface area contributed by atoms with E-state index in [1.165, 1.54) is 18.5 Å². The zero-order chi connectivity index (χ0) is 10.5. The van der Waals surface area contributed by atoms with Crippen molar-refractivity contribution in [2.45, 2.75) is 19.4 Å². The van der Waals surface area contributed by atoms with Crippen LogP contribution in [-0.4, -0.2) is 34.1 Å². The summed E-state index contributed by atoms with van der Waals surface area (Å²) in [5, 5.41) is 3.39. The summed E-state index contributed by atoms with van der Waals surface area (Å²) in [4.78, 5) is 8.20. The first-order valence-electron chi connectivity index (χ1n) is 5.17. The second-order valence-electron chi connectivity index (χ2n) is 3.38. The van der Waals surface area contributed by atoms with Crippen molar-refractivity contribution >= 4 is 17.6 Å². The number of ether oxygens (including phenoxy) is 1. The molecule has 0 amide bonds. The summed E-state index contributed by atoms with van der Waals surface area (Å²) in [7, 11) is 0. The Labute approximate surface area is 93.8 Å². The summed E-state index contributed by atoms with van der Waals surface area (Å²) < 4.78 is 5.31. The lowest BCUT2D eigenvalue weighted by molar-refractivity contribution is 0.326. The monoisotopic (exact) mass is 225 g/mol. The van der Waals surface area contributed by atoms with Crippen LogP contribution in [0.1, 0.15) is 13.3 Å². The minimum absolute atomic E-state index is 0.541. The van der Waals surface area contributed by atoms with Crippen molar-refractivity contribution in [1.82, 2.24) is 9.97 Å². The second kappa shape index (κ2) is 5.21. The highest BCUT2D eigenvalue weighted by atomic mass is 32.2. The molecule has 1 aromatic rings. The van der Waals surface area contributed by atoms with Crippen molar-refractivity contribution in [2.24, 2.45) is 0 Å². The topological polar surface area (TPSA) is 47.0 Å². The van der Waals surface area contributed by atoms with Crippen LogP contribution in [0.3, 0.4) is 0 Å². The number of aromatic nitrogens is 2. The van der Waals surface area contributed by atoms with Crippen molar-refractivity contribution in [1.29, 1.82) is 0 Å². The molecule has 2 rings (SSSR count). The zero-order valence-electron chi connectivity index (χ0n) is 8.77. The summed E-state index contributed by atoms with van der Waals surface area (Å²) in [6.45, 7) is 2.58. The van der Waals surface area contributed by atoms with E-state index >= 15 is 0 Å². The molecule has 1 atom stereocenters. The molecule has 0 radical (unpaired) electrons. The van der Waals surface area contributed by atoms with E-state index in [1.807, 2.05) is 24.8 Å². The van der Waals surface area contributed by atoms with Crippen LogP contribution >= 0.6 is 11.8 Å². The molecule has 0 aromatic carbocycles. The van der Waals surface area contributed by atoms with Gasteiger partial charge in [-0.2, -0.15) is 11.8 Å². The van der Waals surface area contributed by atoms with E-state index in [2.05, 4.69) is 15.3 Å². The Bertz CT molecular complexity index is 315. The molecule has 15 heavy (non-hydrogen) atoms. The van der Waals surface area contributed by atoms with Gasteiger partial charge in [0.1, 0.15) is 12.1 Å². The smallest absolute Gasteiger partial charge is 0.218 e. The molecule has 0 spiro atoms. The number of nitrogens with zero attached hydrogens (tertiary/aromatic N) is 2. The standard InChI is InChI=1S/C10H15N3OS/c1-2-14-10-5-9(11-7-12-10)13-8-3-4-15-6-8/h5,7-8H,2-4,6H2,1H3,(H,11,12,13). The van der Waals surface area contributed by atoms with Crippen LogP contribution in [0.5, 0.6) is 5.88 Å². The van der Waals surface area contributed by atoms with E-state index < -0.39 is 0 Å². The van der Waals surface area contributed by atoms with Gasteiger partial charge >= 0.3 is 0 Å². The lowest BCUT2D eigenvalue weighted by Crippen LogP contribution is -2.18. The molecule has 1 aliphatic heterocycles. The number of nitrogens with one attached hydrogen (secondary N) is 1. The summed E-state index contributed by atoms with van der Waals surface area (Å²) in [5.74, 6) is 3.90. The Morgan fingerprint density at radius 1 is 1.60 bits per heavy atom. The van der Waals surface area contributed by atoms with Gasteiger partial charge in [0.25, 0.3) is 0 Å².